The Morgan fingerprint density at radius 1 is 1.17 bits per heavy atom. The SMILES string of the molecule is CC(C)(C)OC(=O)NCCC(=O)NC1CCN(C(=O)Cc2ccccc2F)CC1. The number of nitrogens with zero attached hydrogens (tertiary/aromatic N) is 1. The summed E-state index contributed by atoms with van der Waals surface area (Å²) in [6, 6.07) is 6.26. The predicted octanol–water partition coefficient (Wildman–Crippen LogP) is 2.39. The molecule has 0 aliphatic carbocycles. The summed E-state index contributed by atoms with van der Waals surface area (Å²) in [6.07, 6.45) is 0.945. The molecule has 0 radical (unpaired) electrons. The number of carbonyl (C=O) groups is 3. The summed E-state index contributed by atoms with van der Waals surface area (Å²) in [7, 11) is 0. The first kappa shape index (κ1) is 22.6. The van der Waals surface area contributed by atoms with Crippen molar-refractivity contribution in [2.24, 2.45) is 0 Å². The summed E-state index contributed by atoms with van der Waals surface area (Å²) in [4.78, 5) is 37.7. The van der Waals surface area contributed by atoms with Gasteiger partial charge in [0.05, 0.1) is 6.42 Å². The Labute approximate surface area is 171 Å². The Morgan fingerprint density at radius 2 is 1.83 bits per heavy atom. The third-order valence-electron chi connectivity index (χ3n) is 4.53. The Morgan fingerprint density at radius 3 is 2.45 bits per heavy atom. The van der Waals surface area contributed by atoms with Gasteiger partial charge in [0.2, 0.25) is 11.8 Å². The van der Waals surface area contributed by atoms with Crippen LogP contribution < -0.4 is 10.6 Å². The van der Waals surface area contributed by atoms with E-state index < -0.39 is 11.7 Å². The molecule has 0 saturated carbocycles. The maximum Gasteiger partial charge on any atom is 0.407 e. The number of ether oxygens (including phenoxy) is 1. The normalized spacial score (nSPS) is 15.0. The first-order chi connectivity index (χ1) is 13.6. The molecule has 0 unspecified atom stereocenters. The summed E-state index contributed by atoms with van der Waals surface area (Å²) in [6.45, 7) is 6.55. The fourth-order valence-corrected chi connectivity index (χ4v) is 3.08. The average Bonchev–Trinajstić information content (AvgIpc) is 2.62. The molecule has 1 aromatic rings. The molecule has 1 aliphatic heterocycles. The van der Waals surface area contributed by atoms with Crippen LogP contribution in [0.15, 0.2) is 24.3 Å². The van der Waals surface area contributed by atoms with Crippen LogP contribution in [0.1, 0.15) is 45.6 Å². The fraction of sp³-hybridized carbons (Fsp3) is 0.571. The van der Waals surface area contributed by atoms with Crippen molar-refractivity contribution >= 4 is 17.9 Å². The first-order valence-electron chi connectivity index (χ1n) is 9.91. The topological polar surface area (TPSA) is 87.7 Å². The van der Waals surface area contributed by atoms with Crippen LogP contribution in [0, 0.1) is 5.82 Å². The molecule has 1 fully saturated rings. The maximum atomic E-state index is 13.7. The van der Waals surface area contributed by atoms with E-state index in [4.69, 9.17) is 4.74 Å². The minimum atomic E-state index is -0.579. The standard InChI is InChI=1S/C21H30FN3O4/c1-21(2,3)29-20(28)23-11-8-18(26)24-16-9-12-25(13-10-16)19(27)14-15-6-4-5-7-17(15)22/h4-7,16H,8-14H2,1-3H3,(H,23,28)(H,24,26). The van der Waals surface area contributed by atoms with Crippen LogP contribution in [0.2, 0.25) is 0 Å². The van der Waals surface area contributed by atoms with Crippen molar-refractivity contribution in [3.05, 3.63) is 35.6 Å². The van der Waals surface area contributed by atoms with Gasteiger partial charge in [0.1, 0.15) is 11.4 Å². The Kier molecular flexibility index (Phi) is 7.99. The highest BCUT2D eigenvalue weighted by atomic mass is 19.1. The molecule has 0 spiro atoms. The van der Waals surface area contributed by atoms with Crippen molar-refractivity contribution in [3.8, 4) is 0 Å². The Balaban J connectivity index is 1.66. The van der Waals surface area contributed by atoms with E-state index in [1.165, 1.54) is 6.07 Å². The van der Waals surface area contributed by atoms with E-state index in [9.17, 15) is 18.8 Å². The molecule has 2 N–H and O–H groups in total. The van der Waals surface area contributed by atoms with Crippen molar-refractivity contribution in [2.45, 2.75) is 58.1 Å². The van der Waals surface area contributed by atoms with Crippen molar-refractivity contribution in [1.82, 2.24) is 15.5 Å². The number of rotatable bonds is 6. The third-order valence-corrected chi connectivity index (χ3v) is 4.53. The lowest BCUT2D eigenvalue weighted by atomic mass is 10.0. The van der Waals surface area contributed by atoms with Crippen LogP contribution in [-0.4, -0.2) is 54.1 Å². The minimum absolute atomic E-state index is 0.0125. The summed E-state index contributed by atoms with van der Waals surface area (Å²) >= 11 is 0. The van der Waals surface area contributed by atoms with Gasteiger partial charge >= 0.3 is 6.09 Å². The molecule has 0 bridgehead atoms. The van der Waals surface area contributed by atoms with E-state index >= 15 is 0 Å². The molecular weight excluding hydrogens is 377 g/mol. The lowest BCUT2D eigenvalue weighted by Gasteiger charge is -2.32. The summed E-state index contributed by atoms with van der Waals surface area (Å²) in [5, 5.41) is 5.48. The number of amides is 3. The van der Waals surface area contributed by atoms with Gasteiger partial charge in [-0.25, -0.2) is 9.18 Å². The van der Waals surface area contributed by atoms with Crippen LogP contribution in [0.5, 0.6) is 0 Å². The van der Waals surface area contributed by atoms with E-state index in [0.717, 1.165) is 0 Å². The van der Waals surface area contributed by atoms with Crippen LogP contribution in [0.4, 0.5) is 9.18 Å². The second-order valence-electron chi connectivity index (χ2n) is 8.17. The van der Waals surface area contributed by atoms with E-state index in [1.807, 2.05) is 0 Å². The molecule has 0 atom stereocenters. The van der Waals surface area contributed by atoms with Crippen molar-refractivity contribution in [1.29, 1.82) is 0 Å². The molecule has 1 saturated heterocycles. The highest BCUT2D eigenvalue weighted by Crippen LogP contribution is 2.14. The quantitative estimate of drug-likeness (QED) is 0.758. The lowest BCUT2D eigenvalue weighted by Crippen LogP contribution is -2.47. The van der Waals surface area contributed by atoms with Gasteiger partial charge in [-0.2, -0.15) is 0 Å². The zero-order chi connectivity index (χ0) is 21.4. The molecule has 3 amide bonds. The summed E-state index contributed by atoms with van der Waals surface area (Å²) in [5.41, 5.74) is -0.185. The second kappa shape index (κ2) is 10.2. The number of hydrogen-bond donors (Lipinski definition) is 2. The van der Waals surface area contributed by atoms with Crippen LogP contribution in [0.3, 0.4) is 0 Å². The summed E-state index contributed by atoms with van der Waals surface area (Å²) in [5.74, 6) is -0.637. The van der Waals surface area contributed by atoms with E-state index in [-0.39, 0.29) is 43.1 Å². The zero-order valence-electron chi connectivity index (χ0n) is 17.3. The predicted molar refractivity (Wildman–Crippen MR) is 107 cm³/mol. The van der Waals surface area contributed by atoms with Crippen LogP contribution >= 0.6 is 0 Å². The van der Waals surface area contributed by atoms with E-state index in [0.29, 0.717) is 31.5 Å². The third kappa shape index (κ3) is 8.09. The highest BCUT2D eigenvalue weighted by Gasteiger charge is 2.24. The number of piperidine rings is 1. The smallest absolute Gasteiger partial charge is 0.407 e. The molecule has 1 heterocycles. The van der Waals surface area contributed by atoms with Gasteiger partial charge in [0.15, 0.2) is 0 Å². The number of benzene rings is 1. The zero-order valence-corrected chi connectivity index (χ0v) is 17.3. The molecule has 29 heavy (non-hydrogen) atoms. The van der Waals surface area contributed by atoms with Gasteiger partial charge in [0.25, 0.3) is 0 Å². The molecule has 8 heteroatoms. The number of likely N-dealkylation sites (tertiary alicyclic amines) is 1. The van der Waals surface area contributed by atoms with E-state index in [1.54, 1.807) is 43.9 Å². The van der Waals surface area contributed by atoms with Crippen LogP contribution in [-0.2, 0) is 20.7 Å². The first-order valence-corrected chi connectivity index (χ1v) is 9.91. The van der Waals surface area contributed by atoms with Crippen molar-refractivity contribution in [2.75, 3.05) is 19.6 Å². The second-order valence-corrected chi connectivity index (χ2v) is 8.17. The number of alkyl carbamates (subject to hydrolysis) is 1. The number of nitrogens with one attached hydrogen (secondary N) is 2. The number of hydrogen-bond acceptors (Lipinski definition) is 4. The van der Waals surface area contributed by atoms with Gasteiger partial charge in [-0.05, 0) is 45.2 Å². The monoisotopic (exact) mass is 407 g/mol. The molecular formula is C21H30FN3O4. The van der Waals surface area contributed by atoms with Crippen molar-refractivity contribution < 1.29 is 23.5 Å². The number of halogens is 1. The van der Waals surface area contributed by atoms with Gasteiger partial charge in [-0.1, -0.05) is 18.2 Å². The van der Waals surface area contributed by atoms with Gasteiger partial charge < -0.3 is 20.3 Å². The van der Waals surface area contributed by atoms with Crippen LogP contribution in [0.25, 0.3) is 0 Å². The summed E-state index contributed by atoms with van der Waals surface area (Å²) < 4.78 is 18.8. The maximum absolute atomic E-state index is 13.7. The van der Waals surface area contributed by atoms with Gasteiger partial charge in [-0.3, -0.25) is 9.59 Å². The molecule has 7 nitrogen and oxygen atoms in total. The fourth-order valence-electron chi connectivity index (χ4n) is 3.08. The van der Waals surface area contributed by atoms with E-state index in [2.05, 4.69) is 10.6 Å². The minimum Gasteiger partial charge on any atom is -0.444 e. The molecule has 0 aromatic heterocycles. The lowest BCUT2D eigenvalue weighted by molar-refractivity contribution is -0.131. The molecule has 160 valence electrons. The Bertz CT molecular complexity index is 725. The number of carbonyl (C=O) groups excluding carboxylic acids is 3. The van der Waals surface area contributed by atoms with Gasteiger partial charge in [0, 0.05) is 32.1 Å². The van der Waals surface area contributed by atoms with Crippen molar-refractivity contribution in [3.63, 3.8) is 0 Å². The van der Waals surface area contributed by atoms with Gasteiger partial charge in [-0.15, -0.1) is 0 Å². The molecule has 2 rings (SSSR count). The molecule has 1 aliphatic rings. The Hall–Kier alpha value is -2.64. The largest absolute Gasteiger partial charge is 0.444 e. The molecule has 1 aromatic carbocycles. The average molecular weight is 407 g/mol. The highest BCUT2D eigenvalue weighted by molar-refractivity contribution is 5.79.